The van der Waals surface area contributed by atoms with Crippen LogP contribution in [0.1, 0.15) is 51.8 Å². The summed E-state index contributed by atoms with van der Waals surface area (Å²) in [4.78, 5) is 9.90. The van der Waals surface area contributed by atoms with Crippen LogP contribution in [0.25, 0.3) is 39.9 Å². The summed E-state index contributed by atoms with van der Waals surface area (Å²) in [5.41, 5.74) is 19.0. The van der Waals surface area contributed by atoms with Gasteiger partial charge in [0.05, 0.1) is 29.4 Å². The highest BCUT2D eigenvalue weighted by atomic mass is 15.2. The van der Waals surface area contributed by atoms with Gasteiger partial charge >= 0.3 is 0 Å². The van der Waals surface area contributed by atoms with E-state index in [4.69, 9.17) is 15.7 Å². The summed E-state index contributed by atoms with van der Waals surface area (Å²) >= 11 is 0. The number of nitrogens with zero attached hydrogens (tertiary/aromatic N) is 5. The lowest BCUT2D eigenvalue weighted by molar-refractivity contribution is 1.00. The topological polar surface area (TPSA) is 84.4 Å². The molecule has 0 saturated carbocycles. The summed E-state index contributed by atoms with van der Waals surface area (Å²) in [5.74, 6) is 0.796. The minimum atomic E-state index is 0.305. The smallest absolute Gasteiger partial charge is 0.207 e. The van der Waals surface area contributed by atoms with E-state index in [0.29, 0.717) is 23.9 Å². The number of fused-ring (bicyclic) bond motifs is 1. The normalized spacial score (nSPS) is 12.1. The SMILES string of the molecule is C=Cc1c(-c2c(C)n(C(N)=NC(=NCc3ccccc3)c3ccc(C#N)cc3)c3cccc(C)c23)c(C)n(-c2ccccc2)c1/C=C\C. The molecule has 0 radical (unpaired) electrons. The minimum absolute atomic E-state index is 0.305. The molecular weight excluding hydrogens is 589 g/mol. The molecule has 6 nitrogen and oxygen atoms in total. The molecule has 48 heavy (non-hydrogen) atoms. The standard InChI is InChI=1S/C42H38N6/c1-6-15-36-35(7-2)39(29(4)47(36)34-19-12-9-13-20-34)40-30(5)48(37-21-14-16-28(3)38(37)40)42(44)46-41(33-24-22-31(26-43)23-25-33)45-27-32-17-10-8-11-18-32/h6-25H,2,27H2,1,3-5H3,(H2,44,45,46)/b15-6-. The van der Waals surface area contributed by atoms with Crippen molar-refractivity contribution in [2.24, 2.45) is 15.7 Å². The Morgan fingerprint density at radius 2 is 1.54 bits per heavy atom. The van der Waals surface area contributed by atoms with Gasteiger partial charge in [0.2, 0.25) is 5.96 Å². The maximum atomic E-state index is 9.39. The molecule has 0 saturated heterocycles. The van der Waals surface area contributed by atoms with Crippen LogP contribution < -0.4 is 5.73 Å². The summed E-state index contributed by atoms with van der Waals surface area (Å²) < 4.78 is 4.32. The third kappa shape index (κ3) is 5.78. The van der Waals surface area contributed by atoms with Crippen molar-refractivity contribution in [2.45, 2.75) is 34.2 Å². The molecule has 0 aliphatic carbocycles. The maximum absolute atomic E-state index is 9.39. The first-order valence-electron chi connectivity index (χ1n) is 16.0. The van der Waals surface area contributed by atoms with Gasteiger partial charge in [-0.25, -0.2) is 0 Å². The van der Waals surface area contributed by atoms with Crippen LogP contribution in [0.2, 0.25) is 0 Å². The summed E-state index contributed by atoms with van der Waals surface area (Å²) in [6.07, 6.45) is 6.16. The Bertz CT molecular complexity index is 2260. The molecule has 0 spiro atoms. The van der Waals surface area contributed by atoms with E-state index < -0.39 is 0 Å². The Hall–Kier alpha value is -6.19. The van der Waals surface area contributed by atoms with Crippen molar-refractivity contribution in [3.63, 3.8) is 0 Å². The zero-order valence-electron chi connectivity index (χ0n) is 27.8. The van der Waals surface area contributed by atoms with Gasteiger partial charge in [-0.2, -0.15) is 10.3 Å². The van der Waals surface area contributed by atoms with Crippen molar-refractivity contribution >= 4 is 34.9 Å². The predicted molar refractivity (Wildman–Crippen MR) is 201 cm³/mol. The summed E-state index contributed by atoms with van der Waals surface area (Å²) in [6.45, 7) is 13.1. The van der Waals surface area contributed by atoms with Gasteiger partial charge in [-0.1, -0.05) is 79.4 Å². The number of nitriles is 1. The van der Waals surface area contributed by atoms with Crippen LogP contribution in [0.5, 0.6) is 0 Å². The first-order valence-corrected chi connectivity index (χ1v) is 16.0. The fourth-order valence-electron chi connectivity index (χ4n) is 6.52. The molecule has 236 valence electrons. The van der Waals surface area contributed by atoms with Crippen LogP contribution in [-0.2, 0) is 6.54 Å². The Balaban J connectivity index is 1.60. The maximum Gasteiger partial charge on any atom is 0.207 e. The summed E-state index contributed by atoms with van der Waals surface area (Å²) in [5, 5.41) is 10.5. The predicted octanol–water partition coefficient (Wildman–Crippen LogP) is 9.38. The summed E-state index contributed by atoms with van der Waals surface area (Å²) in [7, 11) is 0. The number of aromatic nitrogens is 2. The van der Waals surface area contributed by atoms with E-state index in [1.807, 2.05) is 66.1 Å². The van der Waals surface area contributed by atoms with Gasteiger partial charge in [0.15, 0.2) is 5.84 Å². The molecule has 0 fully saturated rings. The molecule has 6 heteroatoms. The first kappa shape index (κ1) is 31.8. The fraction of sp³-hybridized carbons (Fsp3) is 0.119. The number of rotatable bonds is 7. The van der Waals surface area contributed by atoms with Crippen LogP contribution in [-0.4, -0.2) is 20.9 Å². The van der Waals surface area contributed by atoms with Crippen molar-refractivity contribution in [2.75, 3.05) is 0 Å². The van der Waals surface area contributed by atoms with Crippen molar-refractivity contribution in [1.29, 1.82) is 5.26 Å². The Morgan fingerprint density at radius 1 is 0.854 bits per heavy atom. The number of para-hydroxylation sites is 1. The van der Waals surface area contributed by atoms with E-state index in [-0.39, 0.29) is 0 Å². The Labute approximate surface area is 282 Å². The van der Waals surface area contributed by atoms with E-state index in [1.54, 1.807) is 12.1 Å². The number of allylic oxidation sites excluding steroid dienone is 1. The number of amidine groups is 1. The zero-order chi connectivity index (χ0) is 33.8. The third-order valence-corrected chi connectivity index (χ3v) is 8.69. The van der Waals surface area contributed by atoms with E-state index in [1.165, 1.54) is 0 Å². The lowest BCUT2D eigenvalue weighted by atomic mass is 9.95. The van der Waals surface area contributed by atoms with Gasteiger partial charge < -0.3 is 10.3 Å². The highest BCUT2D eigenvalue weighted by Gasteiger charge is 2.26. The quantitative estimate of drug-likeness (QED) is 0.141. The highest BCUT2D eigenvalue weighted by Crippen LogP contribution is 2.43. The number of hydrogen-bond acceptors (Lipinski definition) is 2. The van der Waals surface area contributed by atoms with Crippen LogP contribution >= 0.6 is 0 Å². The zero-order valence-corrected chi connectivity index (χ0v) is 27.8. The molecule has 0 bridgehead atoms. The third-order valence-electron chi connectivity index (χ3n) is 8.69. The van der Waals surface area contributed by atoms with E-state index in [9.17, 15) is 5.26 Å². The van der Waals surface area contributed by atoms with E-state index >= 15 is 0 Å². The van der Waals surface area contributed by atoms with Crippen LogP contribution in [0.15, 0.2) is 126 Å². The minimum Gasteiger partial charge on any atom is -0.369 e. The monoisotopic (exact) mass is 626 g/mol. The second-order valence-electron chi connectivity index (χ2n) is 11.7. The molecule has 0 aliphatic rings. The number of aliphatic imine (C=N–C) groups is 2. The highest BCUT2D eigenvalue weighted by molar-refractivity contribution is 6.11. The van der Waals surface area contributed by atoms with Gasteiger partial charge in [-0.15, -0.1) is 0 Å². The number of aryl methyl sites for hydroxylation is 1. The number of hydrogen-bond donors (Lipinski definition) is 1. The molecular formula is C42H38N6. The largest absolute Gasteiger partial charge is 0.369 e. The second kappa shape index (κ2) is 13.7. The molecule has 6 rings (SSSR count). The van der Waals surface area contributed by atoms with Crippen molar-refractivity contribution in [3.8, 4) is 22.9 Å². The van der Waals surface area contributed by atoms with Gasteiger partial charge in [0.25, 0.3) is 0 Å². The molecule has 2 N–H and O–H groups in total. The lowest BCUT2D eigenvalue weighted by Gasteiger charge is -2.11. The Morgan fingerprint density at radius 3 is 2.19 bits per heavy atom. The van der Waals surface area contributed by atoms with Crippen molar-refractivity contribution in [3.05, 3.63) is 161 Å². The first-order chi connectivity index (χ1) is 23.4. The van der Waals surface area contributed by atoms with Crippen LogP contribution in [0.4, 0.5) is 0 Å². The molecule has 0 amide bonds. The molecule has 0 aliphatic heterocycles. The van der Waals surface area contributed by atoms with Gasteiger partial charge in [-0.3, -0.25) is 9.56 Å². The van der Waals surface area contributed by atoms with Crippen LogP contribution in [0.3, 0.4) is 0 Å². The van der Waals surface area contributed by atoms with Crippen molar-refractivity contribution in [1.82, 2.24) is 9.13 Å². The fourth-order valence-corrected chi connectivity index (χ4v) is 6.52. The molecule has 2 aromatic heterocycles. The molecule has 2 heterocycles. The Kier molecular flexibility index (Phi) is 9.04. The molecule has 0 unspecified atom stereocenters. The number of benzene rings is 4. The van der Waals surface area contributed by atoms with E-state index in [2.05, 4.69) is 92.6 Å². The molecule has 4 aromatic carbocycles. The van der Waals surface area contributed by atoms with Crippen LogP contribution in [0, 0.1) is 32.1 Å². The molecule has 0 atom stereocenters. The van der Waals surface area contributed by atoms with Crippen molar-refractivity contribution < 1.29 is 0 Å². The molecule has 6 aromatic rings. The lowest BCUT2D eigenvalue weighted by Crippen LogP contribution is -2.25. The average Bonchev–Trinajstić information content (AvgIpc) is 3.56. The average molecular weight is 627 g/mol. The van der Waals surface area contributed by atoms with E-state index in [0.717, 1.165) is 67.1 Å². The second-order valence-corrected chi connectivity index (χ2v) is 11.7. The number of nitrogens with two attached hydrogens (primary N) is 1. The van der Waals surface area contributed by atoms with Gasteiger partial charge in [0.1, 0.15) is 0 Å². The summed E-state index contributed by atoms with van der Waals surface area (Å²) in [6, 6.07) is 36.2. The van der Waals surface area contributed by atoms with Gasteiger partial charge in [-0.05, 0) is 87.4 Å². The van der Waals surface area contributed by atoms with Gasteiger partial charge in [0, 0.05) is 44.7 Å².